The molecule has 3 aliphatic rings. The number of nitrogens with zero attached hydrogens (tertiary/aromatic N) is 4. The fourth-order valence-corrected chi connectivity index (χ4v) is 8.20. The highest BCUT2D eigenvalue weighted by Gasteiger charge is 2.65. The van der Waals surface area contributed by atoms with Crippen molar-refractivity contribution in [1.82, 2.24) is 15.0 Å². The predicted molar refractivity (Wildman–Crippen MR) is 203 cm³/mol. The van der Waals surface area contributed by atoms with Crippen molar-refractivity contribution in [2.24, 2.45) is 22.9 Å². The lowest BCUT2D eigenvalue weighted by Gasteiger charge is -2.58. The van der Waals surface area contributed by atoms with E-state index < -0.39 is 23.7 Å². The molecule has 53 heavy (non-hydrogen) atoms. The van der Waals surface area contributed by atoms with E-state index in [9.17, 15) is 10.2 Å². The number of ether oxygens (including phenoxy) is 5. The largest absolute Gasteiger partial charge is 0.490 e. The van der Waals surface area contributed by atoms with Gasteiger partial charge in [-0.1, -0.05) is 48.0 Å². The number of hydrogen-bond donors (Lipinski definition) is 2. The second-order valence-corrected chi connectivity index (χ2v) is 14.9. The number of aliphatic hydroxyl groups excluding tert-OH is 2. The van der Waals surface area contributed by atoms with Crippen LogP contribution in [0.15, 0.2) is 66.5 Å². The molecule has 6 unspecified atom stereocenters. The summed E-state index contributed by atoms with van der Waals surface area (Å²) in [5, 5.41) is 33.6. The summed E-state index contributed by atoms with van der Waals surface area (Å²) in [6.07, 6.45) is 12.1. The summed E-state index contributed by atoms with van der Waals surface area (Å²) in [6.45, 7) is 19.4. The van der Waals surface area contributed by atoms with Crippen LogP contribution >= 0.6 is 0 Å². The molecular weight excluding hydrogens is 676 g/mol. The zero-order chi connectivity index (χ0) is 38.0. The Morgan fingerprint density at radius 3 is 2.42 bits per heavy atom. The van der Waals surface area contributed by atoms with Crippen LogP contribution in [0.4, 0.5) is 0 Å². The second-order valence-electron chi connectivity index (χ2n) is 14.9. The standard InChI is InChI=1S/C41H60N4O8/c1-8-22-50-29-18-19-35-32(25-29)37-30(17-13-15-21-47)28(16-12-14-20-46)24-31-33(43-53-40(5,6)7)26-36(41(52-35,38(31)37)51-23-9-2)45-34(27-42-44-45)39(48-10-3)49-11-4/h8-9,18-19,24-25,27-28,30,36-39,46-47H,1-2,10-17,20-23,26H2,3-7H3. The Labute approximate surface area is 314 Å². The number of benzene rings is 1. The Bertz CT molecular complexity index is 1560. The minimum atomic E-state index is -1.29. The van der Waals surface area contributed by atoms with E-state index in [1.807, 2.05) is 51.4 Å². The van der Waals surface area contributed by atoms with Crippen molar-refractivity contribution in [3.05, 3.63) is 72.6 Å². The van der Waals surface area contributed by atoms with Crippen molar-refractivity contribution in [2.45, 2.75) is 109 Å². The summed E-state index contributed by atoms with van der Waals surface area (Å²) < 4.78 is 34.4. The van der Waals surface area contributed by atoms with Crippen LogP contribution in [0.25, 0.3) is 0 Å². The average Bonchev–Trinajstić information content (AvgIpc) is 3.62. The van der Waals surface area contributed by atoms with Gasteiger partial charge in [0, 0.05) is 44.3 Å². The van der Waals surface area contributed by atoms with Gasteiger partial charge in [-0.3, -0.25) is 0 Å². The van der Waals surface area contributed by atoms with Crippen LogP contribution in [-0.4, -0.2) is 81.9 Å². The third-order valence-electron chi connectivity index (χ3n) is 10.2. The van der Waals surface area contributed by atoms with Gasteiger partial charge in [0.2, 0.25) is 12.1 Å². The zero-order valence-corrected chi connectivity index (χ0v) is 32.2. The number of aliphatic hydroxyl groups is 2. The Kier molecular flexibility index (Phi) is 14.3. The van der Waals surface area contributed by atoms with Crippen LogP contribution in [0.2, 0.25) is 0 Å². The first-order chi connectivity index (χ1) is 25.7. The minimum Gasteiger partial charge on any atom is -0.490 e. The highest BCUT2D eigenvalue weighted by molar-refractivity contribution is 6.02. The van der Waals surface area contributed by atoms with Gasteiger partial charge in [0.1, 0.15) is 35.4 Å². The van der Waals surface area contributed by atoms with Crippen molar-refractivity contribution in [1.29, 1.82) is 0 Å². The van der Waals surface area contributed by atoms with E-state index >= 15 is 0 Å². The van der Waals surface area contributed by atoms with Gasteiger partial charge < -0.3 is 38.7 Å². The van der Waals surface area contributed by atoms with Crippen LogP contribution in [-0.2, 0) is 19.0 Å². The molecular formula is C41H60N4O8. The molecule has 1 aromatic carbocycles. The topological polar surface area (TPSA) is 139 Å². The van der Waals surface area contributed by atoms with Crippen LogP contribution in [0, 0.1) is 17.8 Å². The van der Waals surface area contributed by atoms with Crippen LogP contribution in [0.3, 0.4) is 0 Å². The molecule has 2 N–H and O–H groups in total. The molecule has 12 nitrogen and oxygen atoms in total. The number of allylic oxidation sites excluding steroid dienone is 1. The maximum absolute atomic E-state index is 9.88. The SMILES string of the molecule is C=CCOc1ccc2c(c1)C1C(CCCCO)C(CCCCO)C=C3C(=NOC(C)(C)C)CC(n4nncc4C(OCC)OCC)C(OCC=C)(O2)C31. The van der Waals surface area contributed by atoms with Gasteiger partial charge >= 0.3 is 0 Å². The monoisotopic (exact) mass is 736 g/mol. The first kappa shape index (κ1) is 40.6. The lowest BCUT2D eigenvalue weighted by Crippen LogP contribution is -2.63. The molecule has 1 fully saturated rings. The molecule has 0 spiro atoms. The van der Waals surface area contributed by atoms with E-state index in [1.165, 1.54) is 0 Å². The van der Waals surface area contributed by atoms with Gasteiger partial charge in [-0.2, -0.15) is 0 Å². The van der Waals surface area contributed by atoms with Gasteiger partial charge in [-0.05, 0) is 95.9 Å². The summed E-state index contributed by atoms with van der Waals surface area (Å²) in [5.41, 5.74) is 2.93. The Hall–Kier alpha value is -3.55. The molecule has 2 aliphatic carbocycles. The summed E-state index contributed by atoms with van der Waals surface area (Å²) in [4.78, 5) is 6.21. The second kappa shape index (κ2) is 18.7. The molecule has 0 amide bonds. The highest BCUT2D eigenvalue weighted by Crippen LogP contribution is 2.63. The van der Waals surface area contributed by atoms with Crippen molar-refractivity contribution in [2.75, 3.05) is 39.6 Å². The van der Waals surface area contributed by atoms with Crippen molar-refractivity contribution in [3.8, 4) is 11.5 Å². The summed E-state index contributed by atoms with van der Waals surface area (Å²) >= 11 is 0. The van der Waals surface area contributed by atoms with E-state index in [0.717, 1.165) is 54.7 Å². The molecule has 2 heterocycles. The van der Waals surface area contributed by atoms with Crippen molar-refractivity contribution >= 4 is 5.71 Å². The summed E-state index contributed by atoms with van der Waals surface area (Å²) in [7, 11) is 0. The molecule has 6 atom stereocenters. The Balaban J connectivity index is 1.81. The molecule has 0 saturated heterocycles. The van der Waals surface area contributed by atoms with Crippen LogP contribution in [0.5, 0.6) is 11.5 Å². The number of aromatic nitrogens is 3. The summed E-state index contributed by atoms with van der Waals surface area (Å²) in [6, 6.07) is 5.41. The molecule has 5 rings (SSSR count). The fourth-order valence-electron chi connectivity index (χ4n) is 8.20. The van der Waals surface area contributed by atoms with E-state index in [4.69, 9.17) is 33.7 Å². The zero-order valence-electron chi connectivity index (χ0n) is 32.2. The fraction of sp³-hybridized carbons (Fsp3) is 0.634. The minimum absolute atomic E-state index is 0.113. The lowest BCUT2D eigenvalue weighted by molar-refractivity contribution is -0.254. The molecule has 2 aromatic rings. The molecule has 12 heteroatoms. The molecule has 1 saturated carbocycles. The number of oxime groups is 1. The molecule has 0 radical (unpaired) electrons. The van der Waals surface area contributed by atoms with Gasteiger partial charge in [0.05, 0.1) is 24.4 Å². The normalized spacial score (nSPS) is 25.7. The molecule has 292 valence electrons. The van der Waals surface area contributed by atoms with E-state index in [1.54, 1.807) is 18.3 Å². The van der Waals surface area contributed by atoms with Gasteiger partial charge in [-0.25, -0.2) is 4.68 Å². The molecule has 1 aromatic heterocycles. The van der Waals surface area contributed by atoms with Crippen LogP contribution in [0.1, 0.15) is 109 Å². The average molecular weight is 737 g/mol. The lowest BCUT2D eigenvalue weighted by atomic mass is 9.55. The van der Waals surface area contributed by atoms with Gasteiger partial charge in [0.15, 0.2) is 0 Å². The summed E-state index contributed by atoms with van der Waals surface area (Å²) in [5.74, 6) is -0.0638. The Morgan fingerprint density at radius 2 is 1.75 bits per heavy atom. The quantitative estimate of drug-likeness (QED) is 0.0585. The maximum atomic E-state index is 9.88. The number of hydrogen-bond acceptors (Lipinski definition) is 11. The molecule has 0 bridgehead atoms. The maximum Gasteiger partial charge on any atom is 0.241 e. The van der Waals surface area contributed by atoms with Gasteiger partial charge in [0.25, 0.3) is 0 Å². The van der Waals surface area contributed by atoms with E-state index in [2.05, 4.69) is 35.6 Å². The number of unbranched alkanes of at least 4 members (excludes halogenated alkanes) is 2. The van der Waals surface area contributed by atoms with E-state index in [0.29, 0.717) is 44.1 Å². The first-order valence-corrected chi connectivity index (χ1v) is 19.3. The van der Waals surface area contributed by atoms with Gasteiger partial charge in [-0.15, -0.1) is 11.7 Å². The van der Waals surface area contributed by atoms with Crippen LogP contribution < -0.4 is 9.47 Å². The predicted octanol–water partition coefficient (Wildman–Crippen LogP) is 7.22. The number of rotatable bonds is 21. The molecule has 1 aliphatic heterocycles. The third kappa shape index (κ3) is 9.05. The smallest absolute Gasteiger partial charge is 0.241 e. The van der Waals surface area contributed by atoms with Crippen molar-refractivity contribution in [3.63, 3.8) is 0 Å². The van der Waals surface area contributed by atoms with E-state index in [-0.39, 0.29) is 43.5 Å². The van der Waals surface area contributed by atoms with Crippen molar-refractivity contribution < 1.29 is 38.7 Å². The first-order valence-electron chi connectivity index (χ1n) is 19.3. The Morgan fingerprint density at radius 1 is 1.04 bits per heavy atom. The highest BCUT2D eigenvalue weighted by atomic mass is 16.7. The number of fused-ring (bicyclic) bond motifs is 2. The third-order valence-corrected chi connectivity index (χ3v) is 10.2.